The Balaban J connectivity index is 3.24. The first kappa shape index (κ1) is 14.1. The lowest BCUT2D eigenvalue weighted by Gasteiger charge is -2.12. The van der Waals surface area contributed by atoms with Gasteiger partial charge in [0.15, 0.2) is 5.82 Å². The molecule has 1 heterocycles. The predicted octanol–water partition coefficient (Wildman–Crippen LogP) is 3.12. The largest absolute Gasteiger partial charge is 0.574 e. The molecule has 0 aliphatic carbocycles. The van der Waals surface area contributed by atoms with Crippen LogP contribution in [0.1, 0.15) is 17.7 Å². The fourth-order valence-corrected chi connectivity index (χ4v) is 1.12. The van der Waals surface area contributed by atoms with Crippen LogP contribution < -0.4 is 4.74 Å². The van der Waals surface area contributed by atoms with Gasteiger partial charge in [0.2, 0.25) is 0 Å². The number of hydrogen-bond donors (Lipinski definition) is 0. The molecule has 18 heavy (non-hydrogen) atoms. The Kier molecular flexibility index (Phi) is 4.00. The van der Waals surface area contributed by atoms with Gasteiger partial charge in [0, 0.05) is 0 Å². The standard InChI is InChI=1S/C9H4F6N2O/c10-5-3-4(1-2-16)6(7(11)12)17-8(5)18-9(13,14)15/h3,7H,1H2. The molecule has 0 N–H and O–H groups in total. The quantitative estimate of drug-likeness (QED) is 0.793. The van der Waals surface area contributed by atoms with Gasteiger partial charge in [-0.2, -0.15) is 5.26 Å². The predicted molar refractivity (Wildman–Crippen MR) is 45.2 cm³/mol. The van der Waals surface area contributed by atoms with Crippen molar-refractivity contribution >= 4 is 0 Å². The van der Waals surface area contributed by atoms with Gasteiger partial charge in [-0.1, -0.05) is 0 Å². The van der Waals surface area contributed by atoms with E-state index in [-0.39, 0.29) is 0 Å². The zero-order valence-electron chi connectivity index (χ0n) is 8.43. The van der Waals surface area contributed by atoms with E-state index in [0.29, 0.717) is 6.07 Å². The number of halogens is 6. The second-order valence-electron chi connectivity index (χ2n) is 3.00. The number of rotatable bonds is 3. The van der Waals surface area contributed by atoms with Gasteiger partial charge in [-0.25, -0.2) is 18.2 Å². The number of aromatic nitrogens is 1. The van der Waals surface area contributed by atoms with Gasteiger partial charge < -0.3 is 4.74 Å². The first-order valence-corrected chi connectivity index (χ1v) is 4.34. The van der Waals surface area contributed by atoms with Crippen LogP contribution in [0.3, 0.4) is 0 Å². The van der Waals surface area contributed by atoms with Crippen LogP contribution in [0.15, 0.2) is 6.07 Å². The second kappa shape index (κ2) is 5.12. The van der Waals surface area contributed by atoms with Gasteiger partial charge in [-0.15, -0.1) is 13.2 Å². The van der Waals surface area contributed by atoms with Crippen LogP contribution in [0.2, 0.25) is 0 Å². The Hall–Kier alpha value is -1.98. The highest BCUT2D eigenvalue weighted by Gasteiger charge is 2.34. The molecule has 0 atom stereocenters. The zero-order valence-corrected chi connectivity index (χ0v) is 8.43. The number of ether oxygens (including phenoxy) is 1. The van der Waals surface area contributed by atoms with E-state index < -0.39 is 42.2 Å². The van der Waals surface area contributed by atoms with Gasteiger partial charge in [-0.05, 0) is 11.6 Å². The lowest BCUT2D eigenvalue weighted by Crippen LogP contribution is -2.19. The normalized spacial score (nSPS) is 11.4. The average molecular weight is 270 g/mol. The maximum Gasteiger partial charge on any atom is 0.574 e. The highest BCUT2D eigenvalue weighted by atomic mass is 19.4. The fourth-order valence-electron chi connectivity index (χ4n) is 1.12. The molecule has 0 saturated heterocycles. The molecule has 0 aliphatic rings. The van der Waals surface area contributed by atoms with E-state index in [1.807, 2.05) is 0 Å². The van der Waals surface area contributed by atoms with E-state index >= 15 is 0 Å². The van der Waals surface area contributed by atoms with Gasteiger partial charge >= 0.3 is 6.36 Å². The summed E-state index contributed by atoms with van der Waals surface area (Å²) in [5, 5.41) is 8.32. The van der Waals surface area contributed by atoms with E-state index in [0.717, 1.165) is 0 Å². The number of pyridine rings is 1. The Morgan fingerprint density at radius 2 is 2.00 bits per heavy atom. The van der Waals surface area contributed by atoms with Crippen molar-refractivity contribution in [2.24, 2.45) is 0 Å². The van der Waals surface area contributed by atoms with E-state index in [1.165, 1.54) is 6.07 Å². The summed E-state index contributed by atoms with van der Waals surface area (Å²) in [5.74, 6) is -3.17. The SMILES string of the molecule is N#CCc1cc(F)c(OC(F)(F)F)nc1C(F)F. The van der Waals surface area contributed by atoms with Crippen molar-refractivity contribution in [2.75, 3.05) is 0 Å². The number of hydrogen-bond acceptors (Lipinski definition) is 3. The van der Waals surface area contributed by atoms with Crippen molar-refractivity contribution in [1.82, 2.24) is 4.98 Å². The van der Waals surface area contributed by atoms with Crippen LogP contribution in [-0.4, -0.2) is 11.3 Å². The fraction of sp³-hybridized carbons (Fsp3) is 0.333. The van der Waals surface area contributed by atoms with Crippen molar-refractivity contribution in [3.8, 4) is 11.9 Å². The molecular formula is C9H4F6N2O. The summed E-state index contributed by atoms with van der Waals surface area (Å²) in [5.41, 5.74) is -1.60. The van der Waals surface area contributed by atoms with Crippen LogP contribution in [-0.2, 0) is 6.42 Å². The molecule has 1 aromatic rings. The third-order valence-corrected chi connectivity index (χ3v) is 1.74. The van der Waals surface area contributed by atoms with Crippen molar-refractivity contribution in [1.29, 1.82) is 5.26 Å². The van der Waals surface area contributed by atoms with Crippen LogP contribution in [0.4, 0.5) is 26.3 Å². The van der Waals surface area contributed by atoms with Crippen LogP contribution >= 0.6 is 0 Å². The van der Waals surface area contributed by atoms with E-state index in [9.17, 15) is 26.3 Å². The van der Waals surface area contributed by atoms with E-state index in [4.69, 9.17) is 5.26 Å². The minimum absolute atomic E-state index is 0.374. The molecule has 0 fully saturated rings. The molecule has 98 valence electrons. The molecule has 3 nitrogen and oxygen atoms in total. The summed E-state index contributed by atoms with van der Waals surface area (Å²) < 4.78 is 76.7. The summed E-state index contributed by atoms with van der Waals surface area (Å²) in [6, 6.07) is 1.84. The zero-order chi connectivity index (χ0) is 13.9. The Morgan fingerprint density at radius 1 is 1.39 bits per heavy atom. The lowest BCUT2D eigenvalue weighted by atomic mass is 10.1. The molecule has 0 radical (unpaired) electrons. The number of nitrogens with zero attached hydrogens (tertiary/aromatic N) is 2. The molecule has 0 saturated carbocycles. The van der Waals surface area contributed by atoms with Gasteiger partial charge in [0.1, 0.15) is 5.69 Å². The van der Waals surface area contributed by atoms with Gasteiger partial charge in [0.25, 0.3) is 12.3 Å². The van der Waals surface area contributed by atoms with Crippen molar-refractivity contribution in [3.63, 3.8) is 0 Å². The summed E-state index contributed by atoms with van der Waals surface area (Å²) in [4.78, 5) is 2.76. The first-order chi connectivity index (χ1) is 8.24. The van der Waals surface area contributed by atoms with Crippen LogP contribution in [0, 0.1) is 17.1 Å². The molecule has 1 aromatic heterocycles. The molecule has 9 heteroatoms. The molecule has 0 bridgehead atoms. The van der Waals surface area contributed by atoms with Crippen molar-refractivity contribution in [2.45, 2.75) is 19.2 Å². The Labute approximate surface area is 96.6 Å². The second-order valence-corrected chi connectivity index (χ2v) is 3.00. The van der Waals surface area contributed by atoms with Crippen molar-refractivity contribution < 1.29 is 31.1 Å². The monoisotopic (exact) mass is 270 g/mol. The van der Waals surface area contributed by atoms with Crippen molar-refractivity contribution in [3.05, 3.63) is 23.1 Å². The topological polar surface area (TPSA) is 45.9 Å². The molecule has 0 amide bonds. The third kappa shape index (κ3) is 3.51. The Morgan fingerprint density at radius 3 is 2.44 bits per heavy atom. The maximum absolute atomic E-state index is 13.1. The summed E-state index contributed by atoms with van der Waals surface area (Å²) in [6.45, 7) is 0. The highest BCUT2D eigenvalue weighted by molar-refractivity contribution is 5.30. The summed E-state index contributed by atoms with van der Waals surface area (Å²) in [7, 11) is 0. The molecule has 1 rings (SSSR count). The Bertz CT molecular complexity index is 479. The van der Waals surface area contributed by atoms with Gasteiger partial charge in [0.05, 0.1) is 12.5 Å². The number of alkyl halides is 5. The van der Waals surface area contributed by atoms with Gasteiger partial charge in [-0.3, -0.25) is 0 Å². The first-order valence-electron chi connectivity index (χ1n) is 4.34. The molecule has 0 aromatic carbocycles. The molecule has 0 spiro atoms. The number of nitriles is 1. The molecular weight excluding hydrogens is 266 g/mol. The van der Waals surface area contributed by atoms with E-state index in [1.54, 1.807) is 0 Å². The van der Waals surface area contributed by atoms with Crippen LogP contribution in [0.5, 0.6) is 5.88 Å². The molecule has 0 aliphatic heterocycles. The van der Waals surface area contributed by atoms with E-state index in [2.05, 4.69) is 9.72 Å². The minimum atomic E-state index is -5.25. The lowest BCUT2D eigenvalue weighted by molar-refractivity contribution is -0.277. The average Bonchev–Trinajstić information content (AvgIpc) is 2.20. The maximum atomic E-state index is 13.1. The summed E-state index contributed by atoms with van der Waals surface area (Å²) in [6.07, 6.45) is -9.09. The minimum Gasteiger partial charge on any atom is -0.385 e. The van der Waals surface area contributed by atoms with Crippen LogP contribution in [0.25, 0.3) is 0 Å². The highest BCUT2D eigenvalue weighted by Crippen LogP contribution is 2.29. The summed E-state index contributed by atoms with van der Waals surface area (Å²) >= 11 is 0. The molecule has 0 unspecified atom stereocenters. The smallest absolute Gasteiger partial charge is 0.385 e. The third-order valence-electron chi connectivity index (χ3n) is 1.74.